The van der Waals surface area contributed by atoms with Crippen LogP contribution in [0.4, 0.5) is 17.3 Å². The van der Waals surface area contributed by atoms with Gasteiger partial charge in [0.05, 0.1) is 12.1 Å². The topological polar surface area (TPSA) is 94.5 Å². The monoisotopic (exact) mass is 329 g/mol. The first-order chi connectivity index (χ1) is 12.2. The van der Waals surface area contributed by atoms with Gasteiger partial charge in [0.15, 0.2) is 0 Å². The number of hydrogen-bond acceptors (Lipinski definition) is 6. The van der Waals surface area contributed by atoms with E-state index in [4.69, 9.17) is 5.73 Å². The number of nitrogens with two attached hydrogens (primary N) is 1. The Morgan fingerprint density at radius 3 is 2.92 bits per heavy atom. The van der Waals surface area contributed by atoms with Gasteiger partial charge in [-0.05, 0) is 29.8 Å². The van der Waals surface area contributed by atoms with E-state index < -0.39 is 0 Å². The number of nitrogens with one attached hydrogen (secondary N) is 1. The van der Waals surface area contributed by atoms with Gasteiger partial charge in [-0.3, -0.25) is 0 Å². The molecule has 0 radical (unpaired) electrons. The third-order valence-electron chi connectivity index (χ3n) is 3.82. The molecule has 4 aromatic rings. The molecule has 0 fully saturated rings. The summed E-state index contributed by atoms with van der Waals surface area (Å²) in [7, 11) is 2.05. The second-order valence-corrected chi connectivity index (χ2v) is 5.94. The third-order valence-corrected chi connectivity index (χ3v) is 3.82. The van der Waals surface area contributed by atoms with Gasteiger partial charge in [0.2, 0.25) is 5.95 Å². The molecule has 8 heteroatoms. The molecule has 7 nitrogen and oxygen atoms in total. The Morgan fingerprint density at radius 1 is 1.16 bits per heavy atom. The van der Waals surface area contributed by atoms with Crippen LogP contribution < -0.4 is 16.5 Å². The highest BCUT2D eigenvalue weighted by molar-refractivity contribution is 6.33. The van der Waals surface area contributed by atoms with Crippen LogP contribution in [0.1, 0.15) is 5.56 Å². The van der Waals surface area contributed by atoms with Crippen molar-refractivity contribution in [2.24, 2.45) is 0 Å². The summed E-state index contributed by atoms with van der Waals surface area (Å²) in [6.45, 7) is 0.595. The Bertz CT molecular complexity index is 1030. The van der Waals surface area contributed by atoms with E-state index in [1.165, 1.54) is 11.8 Å². The maximum absolute atomic E-state index is 6.02. The molecular weight excluding hydrogens is 313 g/mol. The standard InChI is InChI=1S/C17H16BN7/c18-13-1-2-16-12(5-13)7-21-17(24-16)23-15-4-11(3-14(19)6-15)8-25-10-20-9-22-25/h1-7,9-10H,8,18-19H2,(H,21,23,24). The van der Waals surface area contributed by atoms with Crippen LogP contribution in [0.25, 0.3) is 10.9 Å². The van der Waals surface area contributed by atoms with Gasteiger partial charge < -0.3 is 11.1 Å². The first-order valence-corrected chi connectivity index (χ1v) is 7.88. The minimum absolute atomic E-state index is 0.536. The number of fused-ring (bicyclic) bond motifs is 1. The molecule has 0 aliphatic rings. The first-order valence-electron chi connectivity index (χ1n) is 7.88. The van der Waals surface area contributed by atoms with Gasteiger partial charge in [0.25, 0.3) is 0 Å². The smallest absolute Gasteiger partial charge is 0.227 e. The SMILES string of the molecule is Bc1ccc2nc(Nc3cc(N)cc(Cn4cncn4)c3)ncc2c1. The van der Waals surface area contributed by atoms with Crippen LogP contribution in [-0.2, 0) is 6.54 Å². The first kappa shape index (κ1) is 15.1. The molecule has 0 spiro atoms. The van der Waals surface area contributed by atoms with Gasteiger partial charge in [-0.25, -0.2) is 19.6 Å². The lowest BCUT2D eigenvalue weighted by Gasteiger charge is -2.10. The van der Waals surface area contributed by atoms with E-state index in [9.17, 15) is 0 Å². The molecule has 0 bridgehead atoms. The summed E-state index contributed by atoms with van der Waals surface area (Å²) in [6, 6.07) is 11.9. The Hall–Kier alpha value is -3.42. The summed E-state index contributed by atoms with van der Waals surface area (Å²) < 4.78 is 1.74. The number of hydrogen-bond donors (Lipinski definition) is 2. The number of aromatic nitrogens is 5. The number of nitrogen functional groups attached to an aromatic ring is 1. The number of benzene rings is 2. The zero-order chi connectivity index (χ0) is 17.2. The third kappa shape index (κ3) is 3.42. The average Bonchev–Trinajstić information content (AvgIpc) is 3.07. The molecule has 2 aromatic carbocycles. The molecular formula is C17H16BN7. The summed E-state index contributed by atoms with van der Waals surface area (Å²) in [4.78, 5) is 12.9. The van der Waals surface area contributed by atoms with Crippen molar-refractivity contribution in [1.82, 2.24) is 24.7 Å². The number of anilines is 3. The van der Waals surface area contributed by atoms with Crippen molar-refractivity contribution in [2.75, 3.05) is 11.1 Å². The normalized spacial score (nSPS) is 10.9. The molecule has 0 aliphatic carbocycles. The highest BCUT2D eigenvalue weighted by Gasteiger charge is 2.05. The van der Waals surface area contributed by atoms with E-state index in [-0.39, 0.29) is 0 Å². The predicted octanol–water partition coefficient (Wildman–Crippen LogP) is 0.854. The van der Waals surface area contributed by atoms with Crippen molar-refractivity contribution in [3.63, 3.8) is 0 Å². The van der Waals surface area contributed by atoms with Crippen molar-refractivity contribution >= 4 is 41.5 Å². The van der Waals surface area contributed by atoms with Crippen molar-refractivity contribution in [1.29, 1.82) is 0 Å². The molecule has 0 atom stereocenters. The largest absolute Gasteiger partial charge is 0.399 e. The molecule has 0 amide bonds. The average molecular weight is 329 g/mol. The number of nitrogens with zero attached hydrogens (tertiary/aromatic N) is 5. The van der Waals surface area contributed by atoms with Crippen molar-refractivity contribution < 1.29 is 0 Å². The van der Waals surface area contributed by atoms with Crippen LogP contribution >= 0.6 is 0 Å². The zero-order valence-corrected chi connectivity index (χ0v) is 13.7. The molecule has 0 aliphatic heterocycles. The van der Waals surface area contributed by atoms with E-state index in [0.29, 0.717) is 18.2 Å². The van der Waals surface area contributed by atoms with E-state index in [1.54, 1.807) is 11.0 Å². The van der Waals surface area contributed by atoms with Crippen molar-refractivity contribution in [3.8, 4) is 0 Å². The molecule has 4 rings (SSSR count). The molecule has 0 unspecified atom stereocenters. The minimum Gasteiger partial charge on any atom is -0.399 e. The van der Waals surface area contributed by atoms with Gasteiger partial charge in [0.1, 0.15) is 20.5 Å². The maximum Gasteiger partial charge on any atom is 0.227 e. The van der Waals surface area contributed by atoms with Crippen LogP contribution in [0.5, 0.6) is 0 Å². The van der Waals surface area contributed by atoms with Crippen LogP contribution in [-0.4, -0.2) is 32.6 Å². The Labute approximate surface area is 145 Å². The van der Waals surface area contributed by atoms with E-state index >= 15 is 0 Å². The highest BCUT2D eigenvalue weighted by Crippen LogP contribution is 2.21. The van der Waals surface area contributed by atoms with E-state index in [2.05, 4.69) is 39.3 Å². The van der Waals surface area contributed by atoms with Crippen molar-refractivity contribution in [2.45, 2.75) is 6.54 Å². The molecule has 3 N–H and O–H groups in total. The Kier molecular flexibility index (Phi) is 3.77. The number of rotatable bonds is 4. The summed E-state index contributed by atoms with van der Waals surface area (Å²) in [5.41, 5.74) is 10.6. The van der Waals surface area contributed by atoms with E-state index in [1.807, 2.05) is 36.5 Å². The molecule has 2 heterocycles. The summed E-state index contributed by atoms with van der Waals surface area (Å²) >= 11 is 0. The predicted molar refractivity (Wildman–Crippen MR) is 101 cm³/mol. The summed E-state index contributed by atoms with van der Waals surface area (Å²) in [6.07, 6.45) is 5.00. The fourth-order valence-electron chi connectivity index (χ4n) is 2.73. The Morgan fingerprint density at radius 2 is 2.08 bits per heavy atom. The lowest BCUT2D eigenvalue weighted by atomic mass is 9.95. The van der Waals surface area contributed by atoms with Gasteiger partial charge in [0, 0.05) is 23.0 Å². The fourth-order valence-corrected chi connectivity index (χ4v) is 2.73. The molecule has 25 heavy (non-hydrogen) atoms. The lowest BCUT2D eigenvalue weighted by Crippen LogP contribution is -2.04. The second kappa shape index (κ2) is 6.24. The van der Waals surface area contributed by atoms with E-state index in [0.717, 1.165) is 22.2 Å². The van der Waals surface area contributed by atoms with Gasteiger partial charge in [-0.2, -0.15) is 5.10 Å². The lowest BCUT2D eigenvalue weighted by molar-refractivity contribution is 0.685. The molecule has 0 saturated carbocycles. The summed E-state index contributed by atoms with van der Waals surface area (Å²) in [5, 5.41) is 8.36. The molecule has 2 aromatic heterocycles. The zero-order valence-electron chi connectivity index (χ0n) is 13.7. The van der Waals surface area contributed by atoms with Crippen LogP contribution in [0, 0.1) is 0 Å². The van der Waals surface area contributed by atoms with Crippen LogP contribution in [0.15, 0.2) is 55.2 Å². The fraction of sp³-hybridized carbons (Fsp3) is 0.0588. The van der Waals surface area contributed by atoms with Crippen LogP contribution in [0.2, 0.25) is 0 Å². The van der Waals surface area contributed by atoms with Gasteiger partial charge in [-0.15, -0.1) is 0 Å². The second-order valence-electron chi connectivity index (χ2n) is 5.94. The van der Waals surface area contributed by atoms with Gasteiger partial charge >= 0.3 is 0 Å². The summed E-state index contributed by atoms with van der Waals surface area (Å²) in [5.74, 6) is 0.536. The van der Waals surface area contributed by atoms with Crippen molar-refractivity contribution in [3.05, 3.63) is 60.8 Å². The molecule has 0 saturated heterocycles. The van der Waals surface area contributed by atoms with Gasteiger partial charge in [-0.1, -0.05) is 17.6 Å². The Balaban J connectivity index is 1.61. The maximum atomic E-state index is 6.02. The minimum atomic E-state index is 0.536. The quantitative estimate of drug-likeness (QED) is 0.426. The molecule has 122 valence electrons. The van der Waals surface area contributed by atoms with Crippen LogP contribution in [0.3, 0.4) is 0 Å². The highest BCUT2D eigenvalue weighted by atomic mass is 15.3.